The first-order valence-electron chi connectivity index (χ1n) is 5.74. The second kappa shape index (κ2) is 5.85. The van der Waals surface area contributed by atoms with Gasteiger partial charge in [0.1, 0.15) is 11.6 Å². The lowest BCUT2D eigenvalue weighted by atomic mass is 10.1. The van der Waals surface area contributed by atoms with Crippen LogP contribution in [0.3, 0.4) is 0 Å². The van der Waals surface area contributed by atoms with Crippen molar-refractivity contribution in [3.63, 3.8) is 0 Å². The Hall–Kier alpha value is -1.09. The second-order valence-corrected chi connectivity index (χ2v) is 4.13. The van der Waals surface area contributed by atoms with Crippen molar-refractivity contribution in [2.45, 2.75) is 39.7 Å². The van der Waals surface area contributed by atoms with E-state index in [0.717, 1.165) is 18.4 Å². The molecule has 1 aromatic carbocycles. The molecule has 90 valence electrons. The van der Waals surface area contributed by atoms with E-state index in [9.17, 15) is 4.39 Å². The SMILES string of the molecule is CCCCOc1cc(C)c(F)cc1C(C)N. The van der Waals surface area contributed by atoms with Crippen LogP contribution >= 0.6 is 0 Å². The molecule has 0 saturated heterocycles. The van der Waals surface area contributed by atoms with Gasteiger partial charge in [-0.25, -0.2) is 4.39 Å². The highest BCUT2D eigenvalue weighted by atomic mass is 19.1. The quantitative estimate of drug-likeness (QED) is 0.780. The van der Waals surface area contributed by atoms with Crippen LogP contribution in [0.1, 0.15) is 43.9 Å². The molecular formula is C13H20FNO. The average Bonchev–Trinajstić information content (AvgIpc) is 2.23. The van der Waals surface area contributed by atoms with Gasteiger partial charge < -0.3 is 10.5 Å². The number of rotatable bonds is 5. The highest BCUT2D eigenvalue weighted by molar-refractivity contribution is 5.39. The lowest BCUT2D eigenvalue weighted by Crippen LogP contribution is -2.09. The van der Waals surface area contributed by atoms with E-state index in [1.54, 1.807) is 13.0 Å². The van der Waals surface area contributed by atoms with Gasteiger partial charge in [-0.1, -0.05) is 13.3 Å². The number of hydrogen-bond acceptors (Lipinski definition) is 2. The molecule has 0 aromatic heterocycles. The van der Waals surface area contributed by atoms with E-state index in [0.29, 0.717) is 17.9 Å². The topological polar surface area (TPSA) is 35.2 Å². The van der Waals surface area contributed by atoms with Gasteiger partial charge in [0, 0.05) is 11.6 Å². The Labute approximate surface area is 96.6 Å². The first-order chi connectivity index (χ1) is 7.56. The zero-order chi connectivity index (χ0) is 12.1. The predicted octanol–water partition coefficient (Wildman–Crippen LogP) is 3.33. The van der Waals surface area contributed by atoms with Crippen molar-refractivity contribution in [2.24, 2.45) is 5.73 Å². The normalized spacial score (nSPS) is 12.6. The van der Waals surface area contributed by atoms with Gasteiger partial charge in [0.25, 0.3) is 0 Å². The first-order valence-corrected chi connectivity index (χ1v) is 5.74. The minimum atomic E-state index is -0.227. The molecule has 16 heavy (non-hydrogen) atoms. The Morgan fingerprint density at radius 3 is 2.69 bits per heavy atom. The molecule has 0 radical (unpaired) electrons. The molecule has 0 aliphatic rings. The molecule has 2 N–H and O–H groups in total. The fraction of sp³-hybridized carbons (Fsp3) is 0.538. The summed E-state index contributed by atoms with van der Waals surface area (Å²) in [6.45, 7) is 6.32. The van der Waals surface area contributed by atoms with E-state index in [4.69, 9.17) is 10.5 Å². The van der Waals surface area contributed by atoms with Crippen molar-refractivity contribution in [1.29, 1.82) is 0 Å². The molecule has 0 fully saturated rings. The molecule has 1 unspecified atom stereocenters. The zero-order valence-corrected chi connectivity index (χ0v) is 10.2. The van der Waals surface area contributed by atoms with E-state index in [-0.39, 0.29) is 11.9 Å². The Morgan fingerprint density at radius 1 is 1.44 bits per heavy atom. The number of hydrogen-bond donors (Lipinski definition) is 1. The van der Waals surface area contributed by atoms with Crippen molar-refractivity contribution in [1.82, 2.24) is 0 Å². The van der Waals surface area contributed by atoms with Crippen LogP contribution in [0.15, 0.2) is 12.1 Å². The summed E-state index contributed by atoms with van der Waals surface area (Å²) in [5.74, 6) is 0.484. The van der Waals surface area contributed by atoms with Gasteiger partial charge in [0.15, 0.2) is 0 Å². The highest BCUT2D eigenvalue weighted by Crippen LogP contribution is 2.27. The van der Waals surface area contributed by atoms with Gasteiger partial charge in [-0.15, -0.1) is 0 Å². The summed E-state index contributed by atoms with van der Waals surface area (Å²) in [7, 11) is 0. The van der Waals surface area contributed by atoms with Crippen LogP contribution in [0.5, 0.6) is 5.75 Å². The fourth-order valence-corrected chi connectivity index (χ4v) is 1.48. The molecule has 0 spiro atoms. The third kappa shape index (κ3) is 3.20. The summed E-state index contributed by atoms with van der Waals surface area (Å²) in [4.78, 5) is 0. The molecule has 0 bridgehead atoms. The van der Waals surface area contributed by atoms with Crippen LogP contribution in [0.2, 0.25) is 0 Å². The predicted molar refractivity (Wildman–Crippen MR) is 64.1 cm³/mol. The largest absolute Gasteiger partial charge is 0.493 e. The Balaban J connectivity index is 2.91. The molecule has 0 aliphatic carbocycles. The number of nitrogens with two attached hydrogens (primary N) is 1. The number of aryl methyl sites for hydroxylation is 1. The third-order valence-electron chi connectivity index (χ3n) is 2.54. The summed E-state index contributed by atoms with van der Waals surface area (Å²) < 4.78 is 19.0. The molecule has 0 saturated carbocycles. The molecule has 3 heteroatoms. The van der Waals surface area contributed by atoms with Crippen LogP contribution in [0, 0.1) is 12.7 Å². The van der Waals surface area contributed by atoms with Crippen LogP contribution in [-0.4, -0.2) is 6.61 Å². The van der Waals surface area contributed by atoms with Crippen molar-refractivity contribution in [3.8, 4) is 5.75 Å². The smallest absolute Gasteiger partial charge is 0.126 e. The van der Waals surface area contributed by atoms with Crippen molar-refractivity contribution in [2.75, 3.05) is 6.61 Å². The van der Waals surface area contributed by atoms with Crippen LogP contribution in [0.25, 0.3) is 0 Å². The number of unbranched alkanes of at least 4 members (excludes halogenated alkanes) is 1. The lowest BCUT2D eigenvalue weighted by Gasteiger charge is -2.15. The first kappa shape index (κ1) is 13.0. The van der Waals surface area contributed by atoms with E-state index in [2.05, 4.69) is 6.92 Å². The Bertz CT molecular complexity index is 350. The summed E-state index contributed by atoms with van der Waals surface area (Å²) in [5.41, 5.74) is 7.12. The summed E-state index contributed by atoms with van der Waals surface area (Å²) in [5, 5.41) is 0. The van der Waals surface area contributed by atoms with Gasteiger partial charge >= 0.3 is 0 Å². The van der Waals surface area contributed by atoms with Gasteiger partial charge in [0.2, 0.25) is 0 Å². The van der Waals surface area contributed by atoms with Gasteiger partial charge in [0.05, 0.1) is 6.61 Å². The van der Waals surface area contributed by atoms with E-state index in [1.165, 1.54) is 6.07 Å². The number of halogens is 1. The maximum absolute atomic E-state index is 13.4. The molecular weight excluding hydrogens is 205 g/mol. The van der Waals surface area contributed by atoms with Gasteiger partial charge in [-0.3, -0.25) is 0 Å². The minimum absolute atomic E-state index is 0.216. The van der Waals surface area contributed by atoms with E-state index in [1.807, 2.05) is 6.92 Å². The highest BCUT2D eigenvalue weighted by Gasteiger charge is 2.11. The number of ether oxygens (including phenoxy) is 1. The summed E-state index contributed by atoms with van der Waals surface area (Å²) in [6.07, 6.45) is 2.07. The van der Waals surface area contributed by atoms with E-state index >= 15 is 0 Å². The van der Waals surface area contributed by atoms with Crippen molar-refractivity contribution in [3.05, 3.63) is 29.1 Å². The molecule has 1 rings (SSSR count). The van der Waals surface area contributed by atoms with Crippen LogP contribution in [-0.2, 0) is 0 Å². The molecule has 2 nitrogen and oxygen atoms in total. The van der Waals surface area contributed by atoms with Crippen molar-refractivity contribution >= 4 is 0 Å². The molecule has 0 aliphatic heterocycles. The maximum Gasteiger partial charge on any atom is 0.126 e. The summed E-state index contributed by atoms with van der Waals surface area (Å²) in [6, 6.07) is 2.98. The molecule has 1 aromatic rings. The lowest BCUT2D eigenvalue weighted by molar-refractivity contribution is 0.304. The fourth-order valence-electron chi connectivity index (χ4n) is 1.48. The van der Waals surface area contributed by atoms with Gasteiger partial charge in [-0.05, 0) is 38.0 Å². The molecule has 0 heterocycles. The van der Waals surface area contributed by atoms with Crippen LogP contribution < -0.4 is 10.5 Å². The Kier molecular flexibility index (Phi) is 4.74. The average molecular weight is 225 g/mol. The molecule has 0 amide bonds. The zero-order valence-electron chi connectivity index (χ0n) is 10.2. The minimum Gasteiger partial charge on any atom is -0.493 e. The Morgan fingerprint density at radius 2 is 2.12 bits per heavy atom. The molecule has 1 atom stereocenters. The van der Waals surface area contributed by atoms with Gasteiger partial charge in [-0.2, -0.15) is 0 Å². The standard InChI is InChI=1S/C13H20FNO/c1-4-5-6-16-13-7-9(2)12(14)8-11(13)10(3)15/h7-8,10H,4-6,15H2,1-3H3. The third-order valence-corrected chi connectivity index (χ3v) is 2.54. The maximum atomic E-state index is 13.4. The van der Waals surface area contributed by atoms with E-state index < -0.39 is 0 Å². The summed E-state index contributed by atoms with van der Waals surface area (Å²) >= 11 is 0. The second-order valence-electron chi connectivity index (χ2n) is 4.13. The monoisotopic (exact) mass is 225 g/mol. The van der Waals surface area contributed by atoms with Crippen LogP contribution in [0.4, 0.5) is 4.39 Å². The number of benzene rings is 1. The van der Waals surface area contributed by atoms with Crippen molar-refractivity contribution < 1.29 is 9.13 Å².